The molecule has 0 saturated heterocycles. The van der Waals surface area contributed by atoms with Crippen molar-refractivity contribution in [2.75, 3.05) is 13.7 Å². The molecule has 6 heteroatoms. The van der Waals surface area contributed by atoms with Gasteiger partial charge in [-0.1, -0.05) is 19.1 Å². The largest absolute Gasteiger partial charge is 0.497 e. The maximum absolute atomic E-state index is 12.6. The molecule has 0 radical (unpaired) electrons. The van der Waals surface area contributed by atoms with Gasteiger partial charge in [-0.3, -0.25) is 4.79 Å². The van der Waals surface area contributed by atoms with Crippen molar-refractivity contribution in [1.82, 2.24) is 4.90 Å². The molecule has 2 aromatic rings. The van der Waals surface area contributed by atoms with Crippen molar-refractivity contribution in [3.63, 3.8) is 0 Å². The summed E-state index contributed by atoms with van der Waals surface area (Å²) in [7, 11) is 1.63. The first-order chi connectivity index (χ1) is 13.0. The second-order valence-corrected chi connectivity index (χ2v) is 7.98. The zero-order valence-corrected chi connectivity index (χ0v) is 16.8. The third-order valence-electron chi connectivity index (χ3n) is 4.75. The molecule has 27 heavy (non-hydrogen) atoms. The molecule has 1 aliphatic rings. The maximum Gasteiger partial charge on any atom is 0.348 e. The molecule has 0 aliphatic heterocycles. The number of thiophene rings is 1. The lowest BCUT2D eigenvalue weighted by molar-refractivity contribution is -0.135. The Morgan fingerprint density at radius 3 is 2.48 bits per heavy atom. The summed E-state index contributed by atoms with van der Waals surface area (Å²) in [5.74, 6) is 0.219. The fraction of sp³-hybridized carbons (Fsp3) is 0.429. The highest BCUT2D eigenvalue weighted by molar-refractivity contribution is 7.14. The van der Waals surface area contributed by atoms with Crippen LogP contribution < -0.4 is 4.74 Å². The van der Waals surface area contributed by atoms with Crippen LogP contribution in [0.2, 0.25) is 0 Å². The molecule has 0 bridgehead atoms. The molecule has 0 atom stereocenters. The smallest absolute Gasteiger partial charge is 0.348 e. The molecule has 0 unspecified atom stereocenters. The number of amides is 1. The number of hydrogen-bond donors (Lipinski definition) is 0. The Labute approximate surface area is 163 Å². The van der Waals surface area contributed by atoms with E-state index in [1.165, 1.54) is 11.3 Å². The number of nitrogens with zero attached hydrogens (tertiary/aromatic N) is 1. The summed E-state index contributed by atoms with van der Waals surface area (Å²) in [6.07, 6.45) is 2.88. The van der Waals surface area contributed by atoms with Crippen LogP contribution in [-0.2, 0) is 22.5 Å². The first kappa shape index (κ1) is 19.4. The monoisotopic (exact) mass is 387 g/mol. The maximum atomic E-state index is 12.6. The van der Waals surface area contributed by atoms with Crippen LogP contribution in [0.4, 0.5) is 0 Å². The van der Waals surface area contributed by atoms with Crippen LogP contribution in [0.1, 0.15) is 45.4 Å². The van der Waals surface area contributed by atoms with Crippen LogP contribution in [0.3, 0.4) is 0 Å². The Morgan fingerprint density at radius 1 is 1.22 bits per heavy atom. The second-order valence-electron chi connectivity index (χ2n) is 6.72. The lowest BCUT2D eigenvalue weighted by Crippen LogP contribution is -2.36. The zero-order chi connectivity index (χ0) is 19.4. The molecule has 144 valence electrons. The highest BCUT2D eigenvalue weighted by atomic mass is 32.1. The molecule has 0 N–H and O–H groups in total. The zero-order valence-electron chi connectivity index (χ0n) is 16.0. The van der Waals surface area contributed by atoms with Crippen molar-refractivity contribution in [3.05, 3.63) is 51.2 Å². The van der Waals surface area contributed by atoms with Gasteiger partial charge in [0.2, 0.25) is 0 Å². The van der Waals surface area contributed by atoms with Gasteiger partial charge < -0.3 is 14.4 Å². The van der Waals surface area contributed by atoms with E-state index in [-0.39, 0.29) is 18.6 Å². The molecule has 5 nitrogen and oxygen atoms in total. The van der Waals surface area contributed by atoms with E-state index in [9.17, 15) is 9.59 Å². The average Bonchev–Trinajstić information content (AvgIpc) is 3.45. The van der Waals surface area contributed by atoms with Gasteiger partial charge in [0.05, 0.1) is 7.11 Å². The Balaban J connectivity index is 1.59. The summed E-state index contributed by atoms with van der Waals surface area (Å²) in [5.41, 5.74) is 2.18. The van der Waals surface area contributed by atoms with Crippen LogP contribution in [0.25, 0.3) is 0 Å². The molecule has 1 fully saturated rings. The fourth-order valence-corrected chi connectivity index (χ4v) is 4.00. The van der Waals surface area contributed by atoms with Crippen molar-refractivity contribution in [2.24, 2.45) is 0 Å². The number of hydrogen-bond acceptors (Lipinski definition) is 5. The van der Waals surface area contributed by atoms with Gasteiger partial charge in [-0.2, -0.15) is 0 Å². The van der Waals surface area contributed by atoms with Crippen molar-refractivity contribution in [2.45, 2.75) is 45.7 Å². The molecule has 1 aromatic carbocycles. The number of carbonyl (C=O) groups excluding carboxylic acids is 2. The first-order valence-electron chi connectivity index (χ1n) is 9.20. The molecule has 1 saturated carbocycles. The normalized spacial score (nSPS) is 13.3. The van der Waals surface area contributed by atoms with E-state index in [4.69, 9.17) is 9.47 Å². The summed E-state index contributed by atoms with van der Waals surface area (Å²) in [6.45, 7) is 4.35. The number of aryl methyl sites for hydroxylation is 2. The third-order valence-corrected chi connectivity index (χ3v) is 5.82. The van der Waals surface area contributed by atoms with Crippen molar-refractivity contribution in [3.8, 4) is 5.75 Å². The standard InChI is InChI=1S/C21H25NO4S/c1-4-16-11-19(27-14(16)2)21(24)26-13-20(23)22(17-7-8-17)12-15-5-9-18(25-3)10-6-15/h5-6,9-11,17H,4,7-8,12-13H2,1-3H3. The Hall–Kier alpha value is -2.34. The summed E-state index contributed by atoms with van der Waals surface area (Å²) < 4.78 is 10.5. The molecular formula is C21H25NO4S. The summed E-state index contributed by atoms with van der Waals surface area (Å²) >= 11 is 1.42. The number of ether oxygens (including phenoxy) is 2. The summed E-state index contributed by atoms with van der Waals surface area (Å²) in [4.78, 5) is 28.4. The number of esters is 1. The summed E-state index contributed by atoms with van der Waals surface area (Å²) in [5, 5.41) is 0. The van der Waals surface area contributed by atoms with Gasteiger partial charge in [-0.25, -0.2) is 4.79 Å². The van der Waals surface area contributed by atoms with Gasteiger partial charge in [-0.15, -0.1) is 11.3 Å². The Kier molecular flexibility index (Phi) is 6.16. The molecule has 1 aliphatic carbocycles. The van der Waals surface area contributed by atoms with Gasteiger partial charge in [0.1, 0.15) is 10.6 Å². The quantitative estimate of drug-likeness (QED) is 0.643. The number of methoxy groups -OCH3 is 1. The van der Waals surface area contributed by atoms with Gasteiger partial charge in [0.15, 0.2) is 6.61 Å². The second kappa shape index (κ2) is 8.57. The lowest BCUT2D eigenvalue weighted by atomic mass is 10.2. The third kappa shape index (κ3) is 4.89. The van der Waals surface area contributed by atoms with E-state index in [2.05, 4.69) is 6.92 Å². The highest BCUT2D eigenvalue weighted by Gasteiger charge is 2.33. The molecule has 0 spiro atoms. The topological polar surface area (TPSA) is 55.8 Å². The minimum Gasteiger partial charge on any atom is -0.497 e. The van der Waals surface area contributed by atoms with E-state index in [1.807, 2.05) is 42.2 Å². The van der Waals surface area contributed by atoms with Crippen molar-refractivity contribution >= 4 is 23.2 Å². The minimum absolute atomic E-state index is 0.148. The van der Waals surface area contributed by atoms with E-state index in [0.717, 1.165) is 41.0 Å². The lowest BCUT2D eigenvalue weighted by Gasteiger charge is -2.22. The van der Waals surface area contributed by atoms with Crippen LogP contribution in [-0.4, -0.2) is 36.5 Å². The van der Waals surface area contributed by atoms with Crippen molar-refractivity contribution in [1.29, 1.82) is 0 Å². The predicted octanol–water partition coefficient (Wildman–Crippen LogP) is 3.98. The molecule has 3 rings (SSSR count). The van der Waals surface area contributed by atoms with Crippen LogP contribution >= 0.6 is 11.3 Å². The fourth-order valence-electron chi connectivity index (χ4n) is 2.99. The highest BCUT2D eigenvalue weighted by Crippen LogP contribution is 2.29. The molecule has 1 heterocycles. The van der Waals surface area contributed by atoms with Gasteiger partial charge in [0, 0.05) is 17.5 Å². The predicted molar refractivity (Wildman–Crippen MR) is 105 cm³/mol. The number of benzene rings is 1. The average molecular weight is 388 g/mol. The van der Waals surface area contributed by atoms with Crippen LogP contribution in [0.5, 0.6) is 5.75 Å². The van der Waals surface area contributed by atoms with Crippen molar-refractivity contribution < 1.29 is 19.1 Å². The van der Waals surface area contributed by atoms with E-state index in [0.29, 0.717) is 11.4 Å². The van der Waals surface area contributed by atoms with Crippen LogP contribution in [0.15, 0.2) is 30.3 Å². The number of rotatable bonds is 8. The Bertz CT molecular complexity index is 808. The van der Waals surface area contributed by atoms with Crippen LogP contribution in [0, 0.1) is 6.92 Å². The molecule has 1 amide bonds. The molecule has 1 aromatic heterocycles. The molecular weight excluding hydrogens is 362 g/mol. The van der Waals surface area contributed by atoms with Gasteiger partial charge >= 0.3 is 5.97 Å². The van der Waals surface area contributed by atoms with Gasteiger partial charge in [0.25, 0.3) is 5.91 Å². The number of carbonyl (C=O) groups is 2. The first-order valence-corrected chi connectivity index (χ1v) is 10.0. The minimum atomic E-state index is -0.420. The van der Waals surface area contributed by atoms with E-state index < -0.39 is 5.97 Å². The van der Waals surface area contributed by atoms with E-state index >= 15 is 0 Å². The SMILES string of the molecule is CCc1cc(C(=O)OCC(=O)N(Cc2ccc(OC)cc2)C2CC2)sc1C. The Morgan fingerprint density at radius 2 is 1.93 bits per heavy atom. The van der Waals surface area contributed by atoms with Gasteiger partial charge in [-0.05, 0) is 55.5 Å². The van der Waals surface area contributed by atoms with E-state index in [1.54, 1.807) is 7.11 Å². The summed E-state index contributed by atoms with van der Waals surface area (Å²) in [6, 6.07) is 9.78.